The Morgan fingerprint density at radius 3 is 2.55 bits per heavy atom. The van der Waals surface area contributed by atoms with Crippen LogP contribution in [0.25, 0.3) is 10.2 Å². The number of anilines is 1. The zero-order valence-corrected chi connectivity index (χ0v) is 18.4. The van der Waals surface area contributed by atoms with E-state index in [9.17, 15) is 13.2 Å². The minimum absolute atomic E-state index is 0.116. The Labute approximate surface area is 174 Å². The molecule has 0 saturated carbocycles. The molecule has 1 heterocycles. The summed E-state index contributed by atoms with van der Waals surface area (Å²) < 4.78 is 30.0. The minimum Gasteiger partial charge on any atom is -0.497 e. The van der Waals surface area contributed by atoms with Gasteiger partial charge in [-0.15, -0.1) is 0 Å². The summed E-state index contributed by atoms with van der Waals surface area (Å²) in [6.45, 7) is 1.06. The van der Waals surface area contributed by atoms with Crippen molar-refractivity contribution in [2.75, 3.05) is 45.5 Å². The molecule has 0 aliphatic carbocycles. The third kappa shape index (κ3) is 4.92. The van der Waals surface area contributed by atoms with Crippen LogP contribution < -0.4 is 9.64 Å². The lowest BCUT2D eigenvalue weighted by atomic mass is 10.2. The van der Waals surface area contributed by atoms with Crippen molar-refractivity contribution in [3.63, 3.8) is 0 Å². The number of methoxy groups -OCH3 is 1. The van der Waals surface area contributed by atoms with E-state index < -0.39 is 9.84 Å². The highest BCUT2D eigenvalue weighted by Crippen LogP contribution is 2.32. The fourth-order valence-corrected chi connectivity index (χ4v) is 4.42. The van der Waals surface area contributed by atoms with Crippen LogP contribution >= 0.6 is 11.3 Å². The summed E-state index contributed by atoms with van der Waals surface area (Å²) in [5.41, 5.74) is 1.09. The van der Waals surface area contributed by atoms with Crippen LogP contribution in [-0.2, 0) is 9.84 Å². The van der Waals surface area contributed by atoms with Gasteiger partial charge in [0, 0.05) is 24.9 Å². The molecule has 9 heteroatoms. The zero-order valence-electron chi connectivity index (χ0n) is 16.7. The van der Waals surface area contributed by atoms with Gasteiger partial charge < -0.3 is 9.64 Å². The molecule has 1 aromatic heterocycles. The molecule has 0 spiro atoms. The van der Waals surface area contributed by atoms with Gasteiger partial charge in [0.15, 0.2) is 15.0 Å². The summed E-state index contributed by atoms with van der Waals surface area (Å²) in [6, 6.07) is 11.7. The summed E-state index contributed by atoms with van der Waals surface area (Å²) in [6.07, 6.45) is 1.13. The predicted octanol–water partition coefficient (Wildman–Crippen LogP) is 2.92. The first kappa shape index (κ1) is 21.2. The average Bonchev–Trinajstić information content (AvgIpc) is 3.09. The Hall–Kier alpha value is -2.49. The number of carbonyl (C=O) groups excluding carboxylic acids is 1. The van der Waals surface area contributed by atoms with Crippen molar-refractivity contribution in [3.8, 4) is 5.75 Å². The van der Waals surface area contributed by atoms with Gasteiger partial charge in [-0.05, 0) is 50.5 Å². The van der Waals surface area contributed by atoms with Crippen molar-refractivity contribution < 1.29 is 17.9 Å². The summed E-state index contributed by atoms with van der Waals surface area (Å²) in [4.78, 5) is 21.6. The van der Waals surface area contributed by atoms with Gasteiger partial charge in [-0.25, -0.2) is 13.4 Å². The van der Waals surface area contributed by atoms with Gasteiger partial charge >= 0.3 is 0 Å². The molecule has 0 aliphatic rings. The van der Waals surface area contributed by atoms with Gasteiger partial charge in [-0.1, -0.05) is 17.4 Å². The highest BCUT2D eigenvalue weighted by atomic mass is 32.2. The Morgan fingerprint density at radius 1 is 1.14 bits per heavy atom. The predicted molar refractivity (Wildman–Crippen MR) is 116 cm³/mol. The topological polar surface area (TPSA) is 79.8 Å². The minimum atomic E-state index is -3.41. The van der Waals surface area contributed by atoms with E-state index in [1.165, 1.54) is 23.5 Å². The highest BCUT2D eigenvalue weighted by Gasteiger charge is 2.22. The van der Waals surface area contributed by atoms with Crippen LogP contribution in [0.2, 0.25) is 0 Å². The molecule has 0 fully saturated rings. The molecular formula is C20H23N3O4S2. The van der Waals surface area contributed by atoms with Crippen molar-refractivity contribution in [1.82, 2.24) is 9.88 Å². The number of thiazole rings is 1. The van der Waals surface area contributed by atoms with Crippen LogP contribution in [0.1, 0.15) is 10.4 Å². The summed E-state index contributed by atoms with van der Waals surface area (Å²) in [5.74, 6) is 0.433. The van der Waals surface area contributed by atoms with Gasteiger partial charge in [-0.2, -0.15) is 0 Å². The van der Waals surface area contributed by atoms with Crippen LogP contribution in [0.4, 0.5) is 5.13 Å². The third-order valence-electron chi connectivity index (χ3n) is 4.34. The van der Waals surface area contributed by atoms with Gasteiger partial charge in [0.25, 0.3) is 5.91 Å². The molecule has 0 N–H and O–H groups in total. The second-order valence-corrected chi connectivity index (χ2v) is 9.91. The van der Waals surface area contributed by atoms with Crippen molar-refractivity contribution in [2.24, 2.45) is 0 Å². The van der Waals surface area contributed by atoms with Crippen LogP contribution in [0.3, 0.4) is 0 Å². The largest absolute Gasteiger partial charge is 0.497 e. The van der Waals surface area contributed by atoms with E-state index in [0.717, 1.165) is 22.2 Å². The van der Waals surface area contributed by atoms with E-state index in [0.29, 0.717) is 23.8 Å². The van der Waals surface area contributed by atoms with E-state index in [-0.39, 0.29) is 10.8 Å². The molecule has 0 radical (unpaired) electrons. The van der Waals surface area contributed by atoms with Crippen LogP contribution in [0.5, 0.6) is 5.75 Å². The first-order valence-electron chi connectivity index (χ1n) is 8.90. The standard InChI is InChI=1S/C20H23N3O4S2/c1-22(2)10-11-23(19(24)14-6-5-7-16(12-14)29(4,25)26)20-21-17-9-8-15(27-3)13-18(17)28-20/h5-9,12-13H,10-11H2,1-4H3. The molecule has 3 rings (SSSR count). The Bertz CT molecular complexity index is 1140. The molecule has 154 valence electrons. The number of rotatable bonds is 7. The number of hydrogen-bond donors (Lipinski definition) is 0. The fourth-order valence-electron chi connectivity index (χ4n) is 2.73. The average molecular weight is 434 g/mol. The number of fused-ring (bicyclic) bond motifs is 1. The quantitative estimate of drug-likeness (QED) is 0.570. The normalized spacial score (nSPS) is 11.8. The molecule has 0 atom stereocenters. The Balaban J connectivity index is 2.02. The van der Waals surface area contributed by atoms with Gasteiger partial charge in [0.2, 0.25) is 0 Å². The van der Waals surface area contributed by atoms with Crippen LogP contribution in [0.15, 0.2) is 47.4 Å². The number of sulfone groups is 1. The van der Waals surface area contributed by atoms with E-state index in [1.54, 1.807) is 24.1 Å². The van der Waals surface area contributed by atoms with E-state index >= 15 is 0 Å². The third-order valence-corrected chi connectivity index (χ3v) is 6.49. The van der Waals surface area contributed by atoms with Gasteiger partial charge in [-0.3, -0.25) is 9.69 Å². The van der Waals surface area contributed by atoms with Crippen LogP contribution in [-0.4, -0.2) is 64.8 Å². The number of aromatic nitrogens is 1. The first-order valence-corrected chi connectivity index (χ1v) is 11.6. The zero-order chi connectivity index (χ0) is 21.2. The number of hydrogen-bond acceptors (Lipinski definition) is 7. The van der Waals surface area contributed by atoms with Crippen LogP contribution in [0, 0.1) is 0 Å². The molecule has 7 nitrogen and oxygen atoms in total. The second kappa shape index (κ2) is 8.48. The SMILES string of the molecule is COc1ccc2nc(N(CCN(C)C)C(=O)c3cccc(S(C)(=O)=O)c3)sc2c1. The van der Waals surface area contributed by atoms with Crippen molar-refractivity contribution in [2.45, 2.75) is 4.90 Å². The Kier molecular flexibility index (Phi) is 6.21. The number of nitrogens with zero attached hydrogens (tertiary/aromatic N) is 3. The molecule has 0 unspecified atom stereocenters. The van der Waals surface area contributed by atoms with E-state index in [2.05, 4.69) is 4.98 Å². The van der Waals surface area contributed by atoms with Crippen molar-refractivity contribution in [3.05, 3.63) is 48.0 Å². The molecule has 1 amide bonds. The monoisotopic (exact) mass is 433 g/mol. The van der Waals surface area contributed by atoms with Gasteiger partial charge in [0.1, 0.15) is 5.75 Å². The molecule has 0 aliphatic heterocycles. The second-order valence-electron chi connectivity index (χ2n) is 6.89. The molecule has 0 bridgehead atoms. The molecular weight excluding hydrogens is 410 g/mol. The maximum atomic E-state index is 13.3. The van der Waals surface area contributed by atoms with Crippen molar-refractivity contribution >= 4 is 42.4 Å². The van der Waals surface area contributed by atoms with E-state index in [1.807, 2.05) is 37.2 Å². The lowest BCUT2D eigenvalue weighted by molar-refractivity contribution is 0.0985. The van der Waals surface area contributed by atoms with Gasteiger partial charge in [0.05, 0.1) is 22.2 Å². The maximum Gasteiger partial charge on any atom is 0.260 e. The fraction of sp³-hybridized carbons (Fsp3) is 0.300. The first-order chi connectivity index (χ1) is 13.7. The summed E-state index contributed by atoms with van der Waals surface area (Å²) >= 11 is 1.40. The molecule has 3 aromatic rings. The summed E-state index contributed by atoms with van der Waals surface area (Å²) in [7, 11) is 2.05. The Morgan fingerprint density at radius 2 is 1.90 bits per heavy atom. The smallest absolute Gasteiger partial charge is 0.260 e. The number of carbonyl (C=O) groups is 1. The number of ether oxygens (including phenoxy) is 1. The molecule has 29 heavy (non-hydrogen) atoms. The number of benzene rings is 2. The lowest BCUT2D eigenvalue weighted by Crippen LogP contribution is -2.36. The number of amides is 1. The lowest BCUT2D eigenvalue weighted by Gasteiger charge is -2.22. The van der Waals surface area contributed by atoms with E-state index in [4.69, 9.17) is 4.74 Å². The number of likely N-dealkylation sites (N-methyl/N-ethyl adjacent to an activating group) is 1. The maximum absolute atomic E-state index is 13.3. The molecule has 0 saturated heterocycles. The summed E-state index contributed by atoms with van der Waals surface area (Å²) in [5, 5.41) is 0.560. The molecule has 2 aromatic carbocycles. The highest BCUT2D eigenvalue weighted by molar-refractivity contribution is 7.90. The van der Waals surface area contributed by atoms with Crippen molar-refractivity contribution in [1.29, 1.82) is 0 Å².